The Bertz CT molecular complexity index is 931. The maximum atomic E-state index is 13.1. The van der Waals surface area contributed by atoms with Gasteiger partial charge < -0.3 is 4.90 Å². The van der Waals surface area contributed by atoms with Crippen LogP contribution in [0.25, 0.3) is 0 Å². The summed E-state index contributed by atoms with van der Waals surface area (Å²) in [6.07, 6.45) is 6.35. The summed E-state index contributed by atoms with van der Waals surface area (Å²) in [7, 11) is -3.65. The zero-order valence-electron chi connectivity index (χ0n) is 18.9. The second kappa shape index (κ2) is 10.1. The van der Waals surface area contributed by atoms with E-state index in [0.29, 0.717) is 18.5 Å². The molecule has 3 heterocycles. The molecule has 4 rings (SSSR count). The summed E-state index contributed by atoms with van der Waals surface area (Å²) < 4.78 is 25.6. The molecular formula is C23H34ClN3O4S. The van der Waals surface area contributed by atoms with E-state index in [1.54, 1.807) is 4.90 Å². The molecule has 1 aromatic rings. The summed E-state index contributed by atoms with van der Waals surface area (Å²) in [5.41, 5.74) is 1.82. The molecule has 0 radical (unpaired) electrons. The third-order valence-electron chi connectivity index (χ3n) is 6.99. The molecule has 3 fully saturated rings. The lowest BCUT2D eigenvalue weighted by Crippen LogP contribution is -2.43. The summed E-state index contributed by atoms with van der Waals surface area (Å²) in [6, 6.07) is 7.34. The van der Waals surface area contributed by atoms with Gasteiger partial charge in [-0.05, 0) is 50.0 Å². The molecule has 1 aromatic carbocycles. The van der Waals surface area contributed by atoms with Crippen molar-refractivity contribution in [1.82, 2.24) is 14.1 Å². The number of piperidine rings is 1. The summed E-state index contributed by atoms with van der Waals surface area (Å²) in [5.74, 6) is -0.831. The topological polar surface area (TPSA) is 78.0 Å². The highest BCUT2D eigenvalue weighted by Gasteiger charge is 2.55. The monoisotopic (exact) mass is 483 g/mol. The number of hydrogen-bond acceptors (Lipinski definition) is 5. The maximum Gasteiger partial charge on any atom is 0.253 e. The van der Waals surface area contributed by atoms with E-state index in [1.807, 2.05) is 31.2 Å². The number of rotatable bonds is 6. The molecule has 3 aliphatic heterocycles. The van der Waals surface area contributed by atoms with Crippen LogP contribution in [0.5, 0.6) is 0 Å². The van der Waals surface area contributed by atoms with Crippen LogP contribution in [0.1, 0.15) is 54.9 Å². The Balaban J connectivity index is 0.00000289. The van der Waals surface area contributed by atoms with Gasteiger partial charge in [-0.1, -0.05) is 31.9 Å². The average molecular weight is 484 g/mol. The average Bonchev–Trinajstić information content (AvgIpc) is 3.26. The fourth-order valence-electron chi connectivity index (χ4n) is 5.50. The van der Waals surface area contributed by atoms with Crippen LogP contribution >= 0.6 is 12.4 Å². The van der Waals surface area contributed by atoms with Crippen molar-refractivity contribution in [3.05, 3.63) is 35.4 Å². The van der Waals surface area contributed by atoms with Gasteiger partial charge in [0.1, 0.15) is 0 Å². The lowest BCUT2D eigenvalue weighted by Gasteiger charge is -2.26. The fraction of sp³-hybridized carbons (Fsp3) is 0.652. The van der Waals surface area contributed by atoms with Crippen LogP contribution in [-0.2, 0) is 21.4 Å². The molecule has 32 heavy (non-hydrogen) atoms. The van der Waals surface area contributed by atoms with Gasteiger partial charge in [0.2, 0.25) is 15.9 Å². The van der Waals surface area contributed by atoms with Crippen molar-refractivity contribution >= 4 is 34.2 Å². The molecule has 9 heteroatoms. The van der Waals surface area contributed by atoms with Gasteiger partial charge >= 0.3 is 0 Å². The van der Waals surface area contributed by atoms with E-state index < -0.39 is 16.1 Å². The largest absolute Gasteiger partial charge is 0.336 e. The van der Waals surface area contributed by atoms with Crippen LogP contribution < -0.4 is 0 Å². The SMILES string of the molecule is CCC[C@H]1C(=O)N(S(C)(=O)=O)[C@H]2CN(C(=O)c3ccc(CN4CCCCC4)cc3)C[C@H]12.Cl. The summed E-state index contributed by atoms with van der Waals surface area (Å²) in [5, 5.41) is 0. The number of halogens is 1. The fourth-order valence-corrected chi connectivity index (χ4v) is 6.68. The van der Waals surface area contributed by atoms with Gasteiger partial charge in [0.25, 0.3) is 5.91 Å². The Hall–Kier alpha value is -1.64. The first-order chi connectivity index (χ1) is 14.8. The van der Waals surface area contributed by atoms with Crippen LogP contribution in [-0.4, -0.2) is 72.8 Å². The molecule has 0 spiro atoms. The van der Waals surface area contributed by atoms with Crippen molar-refractivity contribution in [2.75, 3.05) is 32.4 Å². The van der Waals surface area contributed by atoms with Crippen LogP contribution in [0, 0.1) is 11.8 Å². The Kier molecular flexibility index (Phi) is 7.89. The first kappa shape index (κ1) is 25.0. The maximum absolute atomic E-state index is 13.1. The van der Waals surface area contributed by atoms with Gasteiger partial charge in [-0.2, -0.15) is 0 Å². The van der Waals surface area contributed by atoms with Crippen LogP contribution in [0.4, 0.5) is 0 Å². The van der Waals surface area contributed by atoms with Gasteiger partial charge in [-0.25, -0.2) is 12.7 Å². The van der Waals surface area contributed by atoms with E-state index in [-0.39, 0.29) is 42.6 Å². The molecule has 2 amide bonds. The minimum Gasteiger partial charge on any atom is -0.336 e. The Labute approximate surface area is 197 Å². The first-order valence-electron chi connectivity index (χ1n) is 11.4. The highest BCUT2D eigenvalue weighted by atomic mass is 35.5. The van der Waals surface area contributed by atoms with Crippen LogP contribution in [0.3, 0.4) is 0 Å². The molecule has 0 saturated carbocycles. The third kappa shape index (κ3) is 4.97. The Morgan fingerprint density at radius 2 is 1.72 bits per heavy atom. The van der Waals surface area contributed by atoms with Gasteiger partial charge in [-0.15, -0.1) is 12.4 Å². The summed E-state index contributed by atoms with van der Waals surface area (Å²) >= 11 is 0. The van der Waals surface area contributed by atoms with Gasteiger partial charge in [0.05, 0.1) is 12.3 Å². The number of fused-ring (bicyclic) bond motifs is 1. The smallest absolute Gasteiger partial charge is 0.253 e. The third-order valence-corrected chi connectivity index (χ3v) is 8.15. The van der Waals surface area contributed by atoms with Gasteiger partial charge in [-0.3, -0.25) is 14.5 Å². The van der Waals surface area contributed by atoms with Crippen molar-refractivity contribution in [2.24, 2.45) is 11.8 Å². The molecule has 3 aliphatic rings. The molecule has 0 N–H and O–H groups in total. The zero-order chi connectivity index (χ0) is 22.2. The Morgan fingerprint density at radius 3 is 2.31 bits per heavy atom. The van der Waals surface area contributed by atoms with E-state index in [2.05, 4.69) is 4.90 Å². The number of amides is 2. The van der Waals surface area contributed by atoms with E-state index in [4.69, 9.17) is 0 Å². The lowest BCUT2D eigenvalue weighted by atomic mass is 9.89. The second-order valence-electron chi connectivity index (χ2n) is 9.27. The quantitative estimate of drug-likeness (QED) is 0.621. The summed E-state index contributed by atoms with van der Waals surface area (Å²) in [6.45, 7) is 5.87. The molecule has 178 valence electrons. The zero-order valence-corrected chi connectivity index (χ0v) is 20.5. The van der Waals surface area contributed by atoms with Crippen LogP contribution in [0.2, 0.25) is 0 Å². The van der Waals surface area contributed by atoms with E-state index in [1.165, 1.54) is 24.8 Å². The number of nitrogens with zero attached hydrogens (tertiary/aromatic N) is 3. The first-order valence-corrected chi connectivity index (χ1v) is 13.3. The minimum absolute atomic E-state index is 0. The second-order valence-corrected chi connectivity index (χ2v) is 11.1. The molecular weight excluding hydrogens is 450 g/mol. The van der Waals surface area contributed by atoms with Crippen molar-refractivity contribution in [2.45, 2.75) is 51.6 Å². The molecule has 0 unspecified atom stereocenters. The Morgan fingerprint density at radius 1 is 1.06 bits per heavy atom. The predicted octanol–water partition coefficient (Wildman–Crippen LogP) is 2.75. The van der Waals surface area contributed by atoms with Crippen molar-refractivity contribution in [3.63, 3.8) is 0 Å². The number of sulfonamides is 1. The van der Waals surface area contributed by atoms with E-state index in [9.17, 15) is 18.0 Å². The number of carbonyl (C=O) groups excluding carboxylic acids is 2. The minimum atomic E-state index is -3.65. The summed E-state index contributed by atoms with van der Waals surface area (Å²) in [4.78, 5) is 30.1. The molecule has 0 bridgehead atoms. The van der Waals surface area contributed by atoms with Crippen molar-refractivity contribution < 1.29 is 18.0 Å². The van der Waals surface area contributed by atoms with E-state index >= 15 is 0 Å². The van der Waals surface area contributed by atoms with Crippen molar-refractivity contribution in [3.8, 4) is 0 Å². The molecule has 3 atom stereocenters. The molecule has 0 aliphatic carbocycles. The molecule has 3 saturated heterocycles. The van der Waals surface area contributed by atoms with Gasteiger partial charge in [0.15, 0.2) is 0 Å². The van der Waals surface area contributed by atoms with Crippen molar-refractivity contribution in [1.29, 1.82) is 0 Å². The standard InChI is InChI=1S/C23H33N3O4S.ClH/c1-3-7-19-20-15-25(16-21(20)26(23(19)28)31(2,29)30)22(27)18-10-8-17(9-11-18)14-24-12-5-4-6-13-24;/h8-11,19-21H,3-7,12-16H2,1-2H3;1H/t19-,20-,21+;/m1./s1. The number of hydrogen-bond donors (Lipinski definition) is 0. The molecule has 7 nitrogen and oxygen atoms in total. The number of carbonyl (C=O) groups is 2. The lowest BCUT2D eigenvalue weighted by molar-refractivity contribution is -0.128. The number of likely N-dealkylation sites (tertiary alicyclic amines) is 2. The normalized spacial score (nSPS) is 26.2. The van der Waals surface area contributed by atoms with E-state index in [0.717, 1.165) is 36.6 Å². The predicted molar refractivity (Wildman–Crippen MR) is 126 cm³/mol. The molecule has 0 aromatic heterocycles. The highest BCUT2D eigenvalue weighted by Crippen LogP contribution is 2.40. The van der Waals surface area contributed by atoms with Crippen LogP contribution in [0.15, 0.2) is 24.3 Å². The van der Waals surface area contributed by atoms with Gasteiger partial charge in [0, 0.05) is 37.0 Å². The highest BCUT2D eigenvalue weighted by molar-refractivity contribution is 7.88. The number of benzene rings is 1.